The highest BCUT2D eigenvalue weighted by molar-refractivity contribution is 5.78. The van der Waals surface area contributed by atoms with Crippen LogP contribution in [0.25, 0.3) is 0 Å². The summed E-state index contributed by atoms with van der Waals surface area (Å²) in [6.07, 6.45) is 10.4. The van der Waals surface area contributed by atoms with Crippen molar-refractivity contribution in [1.82, 2.24) is 9.88 Å². The smallest absolute Gasteiger partial charge is 0.228 e. The van der Waals surface area contributed by atoms with Crippen LogP contribution in [0.15, 0.2) is 18.3 Å². The minimum Gasteiger partial charge on any atom is -0.397 e. The fraction of sp³-hybridized carbons (Fsp3) is 0.684. The van der Waals surface area contributed by atoms with Crippen molar-refractivity contribution in [2.45, 2.75) is 44.9 Å². The number of nitrogens with zero attached hydrogens (tertiary/aromatic N) is 2. The van der Waals surface area contributed by atoms with Crippen LogP contribution in [0, 0.1) is 23.2 Å². The standard InChI is InChI=1S/C19H27N3O/c1-22(18(23)7-17-3-2-16(20)11-21-17)12-19-8-13-4-14(9-19)6-15(5-13)10-19/h2-3,11,13-15H,4-10,12,20H2,1H3. The highest BCUT2D eigenvalue weighted by Gasteiger charge is 2.51. The van der Waals surface area contributed by atoms with Crippen molar-refractivity contribution >= 4 is 11.6 Å². The van der Waals surface area contributed by atoms with Crippen molar-refractivity contribution < 1.29 is 4.79 Å². The van der Waals surface area contributed by atoms with Crippen LogP contribution < -0.4 is 5.73 Å². The molecule has 2 N–H and O–H groups in total. The second kappa shape index (κ2) is 5.50. The molecule has 4 nitrogen and oxygen atoms in total. The van der Waals surface area contributed by atoms with Gasteiger partial charge in [-0.25, -0.2) is 0 Å². The normalized spacial score (nSPS) is 34.6. The minimum atomic E-state index is 0.179. The van der Waals surface area contributed by atoms with Gasteiger partial charge in [0.2, 0.25) is 5.91 Å². The molecule has 0 aliphatic heterocycles. The molecule has 4 saturated carbocycles. The summed E-state index contributed by atoms with van der Waals surface area (Å²) in [7, 11) is 1.97. The maximum absolute atomic E-state index is 12.6. The lowest BCUT2D eigenvalue weighted by Crippen LogP contribution is -2.51. The predicted octanol–water partition coefficient (Wildman–Crippen LogP) is 2.88. The SMILES string of the molecule is CN(CC12CC3CC(CC(C3)C1)C2)C(=O)Cc1ccc(N)cn1. The Balaban J connectivity index is 1.40. The van der Waals surface area contributed by atoms with Gasteiger partial charge in [-0.2, -0.15) is 0 Å². The molecule has 1 aromatic rings. The molecule has 0 atom stereocenters. The fourth-order valence-electron chi connectivity index (χ4n) is 5.91. The number of carbonyl (C=O) groups is 1. The molecular weight excluding hydrogens is 286 g/mol. The Labute approximate surface area is 138 Å². The van der Waals surface area contributed by atoms with E-state index < -0.39 is 0 Å². The zero-order valence-electron chi connectivity index (χ0n) is 14.0. The van der Waals surface area contributed by atoms with E-state index in [2.05, 4.69) is 4.98 Å². The van der Waals surface area contributed by atoms with Gasteiger partial charge in [0.15, 0.2) is 0 Å². The van der Waals surface area contributed by atoms with E-state index in [4.69, 9.17) is 5.73 Å². The van der Waals surface area contributed by atoms with Crippen molar-refractivity contribution in [2.24, 2.45) is 23.2 Å². The molecule has 1 amide bonds. The summed E-state index contributed by atoms with van der Waals surface area (Å²) in [6, 6.07) is 3.67. The zero-order valence-corrected chi connectivity index (χ0v) is 14.0. The molecule has 4 aliphatic carbocycles. The van der Waals surface area contributed by atoms with Gasteiger partial charge in [0, 0.05) is 19.3 Å². The molecule has 4 heteroatoms. The van der Waals surface area contributed by atoms with Gasteiger partial charge in [-0.1, -0.05) is 0 Å². The summed E-state index contributed by atoms with van der Waals surface area (Å²) in [4.78, 5) is 18.8. The van der Waals surface area contributed by atoms with E-state index in [1.54, 1.807) is 6.20 Å². The summed E-state index contributed by atoms with van der Waals surface area (Å²) in [5, 5.41) is 0. The molecule has 0 aromatic carbocycles. The number of hydrogen-bond donors (Lipinski definition) is 1. The molecule has 1 heterocycles. The lowest BCUT2D eigenvalue weighted by molar-refractivity contribution is -0.134. The third kappa shape index (κ3) is 2.96. The molecule has 0 saturated heterocycles. The Bertz CT molecular complexity index is 560. The molecule has 1 aromatic heterocycles. The summed E-state index contributed by atoms with van der Waals surface area (Å²) < 4.78 is 0. The summed E-state index contributed by atoms with van der Waals surface area (Å²) in [5.41, 5.74) is 7.51. The van der Waals surface area contributed by atoms with Crippen LogP contribution in [0.5, 0.6) is 0 Å². The molecule has 5 rings (SSSR count). The van der Waals surface area contributed by atoms with Gasteiger partial charge in [0.1, 0.15) is 0 Å². The number of aromatic nitrogens is 1. The van der Waals surface area contributed by atoms with Gasteiger partial charge in [0.05, 0.1) is 18.3 Å². The first-order valence-electron chi connectivity index (χ1n) is 8.96. The van der Waals surface area contributed by atoms with E-state index in [9.17, 15) is 4.79 Å². The summed E-state index contributed by atoms with van der Waals surface area (Å²) >= 11 is 0. The number of hydrogen-bond acceptors (Lipinski definition) is 3. The van der Waals surface area contributed by atoms with E-state index in [0.717, 1.165) is 30.0 Å². The number of nitrogen functional groups attached to an aromatic ring is 1. The number of carbonyl (C=O) groups excluding carboxylic acids is 1. The number of nitrogens with two attached hydrogens (primary N) is 1. The average molecular weight is 313 g/mol. The lowest BCUT2D eigenvalue weighted by atomic mass is 9.49. The van der Waals surface area contributed by atoms with Gasteiger partial charge in [-0.3, -0.25) is 9.78 Å². The average Bonchev–Trinajstić information content (AvgIpc) is 2.47. The van der Waals surface area contributed by atoms with Gasteiger partial charge in [-0.05, 0) is 73.8 Å². The van der Waals surface area contributed by atoms with Crippen LogP contribution in [0.3, 0.4) is 0 Å². The molecule has 0 radical (unpaired) electrons. The molecule has 0 unspecified atom stereocenters. The van der Waals surface area contributed by atoms with Gasteiger partial charge < -0.3 is 10.6 Å². The van der Waals surface area contributed by atoms with Crippen molar-refractivity contribution in [3.05, 3.63) is 24.0 Å². The zero-order chi connectivity index (χ0) is 16.0. The molecule has 4 bridgehead atoms. The Morgan fingerprint density at radius 3 is 2.35 bits per heavy atom. The number of pyridine rings is 1. The number of likely N-dealkylation sites (N-methyl/N-ethyl adjacent to an activating group) is 1. The second-order valence-corrected chi connectivity index (χ2v) is 8.43. The molecule has 4 aliphatic rings. The van der Waals surface area contributed by atoms with Gasteiger partial charge >= 0.3 is 0 Å². The van der Waals surface area contributed by atoms with E-state index in [1.165, 1.54) is 38.5 Å². The van der Waals surface area contributed by atoms with Crippen molar-refractivity contribution in [3.63, 3.8) is 0 Å². The second-order valence-electron chi connectivity index (χ2n) is 8.43. The lowest BCUT2D eigenvalue weighted by Gasteiger charge is -2.57. The van der Waals surface area contributed by atoms with Crippen molar-refractivity contribution in [1.29, 1.82) is 0 Å². The van der Waals surface area contributed by atoms with E-state index >= 15 is 0 Å². The summed E-state index contributed by atoms with van der Waals surface area (Å²) in [5.74, 6) is 2.98. The van der Waals surface area contributed by atoms with Gasteiger partial charge in [-0.15, -0.1) is 0 Å². The molecular formula is C19H27N3O. The molecule has 124 valence electrons. The van der Waals surface area contributed by atoms with E-state index in [1.807, 2.05) is 24.1 Å². The fourth-order valence-corrected chi connectivity index (χ4v) is 5.91. The van der Waals surface area contributed by atoms with Crippen LogP contribution in [0.1, 0.15) is 44.2 Å². The van der Waals surface area contributed by atoms with Crippen LogP contribution in [0.4, 0.5) is 5.69 Å². The van der Waals surface area contributed by atoms with Crippen LogP contribution in [-0.4, -0.2) is 29.4 Å². The van der Waals surface area contributed by atoms with Crippen molar-refractivity contribution in [3.8, 4) is 0 Å². The number of anilines is 1. The highest BCUT2D eigenvalue weighted by atomic mass is 16.2. The van der Waals surface area contributed by atoms with E-state index in [0.29, 0.717) is 17.5 Å². The highest BCUT2D eigenvalue weighted by Crippen LogP contribution is 2.60. The monoisotopic (exact) mass is 313 g/mol. The molecule has 4 fully saturated rings. The third-order valence-corrected chi connectivity index (χ3v) is 6.34. The maximum atomic E-state index is 12.6. The molecule has 23 heavy (non-hydrogen) atoms. The number of amides is 1. The first-order chi connectivity index (χ1) is 11.0. The Morgan fingerprint density at radius 1 is 1.22 bits per heavy atom. The first-order valence-corrected chi connectivity index (χ1v) is 8.96. The molecule has 0 spiro atoms. The van der Waals surface area contributed by atoms with Crippen LogP contribution >= 0.6 is 0 Å². The predicted molar refractivity (Wildman–Crippen MR) is 90.6 cm³/mol. The first kappa shape index (κ1) is 15.0. The van der Waals surface area contributed by atoms with Crippen LogP contribution in [0.2, 0.25) is 0 Å². The third-order valence-electron chi connectivity index (χ3n) is 6.34. The van der Waals surface area contributed by atoms with E-state index in [-0.39, 0.29) is 5.91 Å². The quantitative estimate of drug-likeness (QED) is 0.930. The van der Waals surface area contributed by atoms with Crippen molar-refractivity contribution in [2.75, 3.05) is 19.3 Å². The van der Waals surface area contributed by atoms with Crippen LogP contribution in [-0.2, 0) is 11.2 Å². The Kier molecular flexibility index (Phi) is 3.58. The Morgan fingerprint density at radius 2 is 1.83 bits per heavy atom. The number of rotatable bonds is 4. The Hall–Kier alpha value is -1.58. The topological polar surface area (TPSA) is 59.2 Å². The minimum absolute atomic E-state index is 0.179. The largest absolute Gasteiger partial charge is 0.397 e. The van der Waals surface area contributed by atoms with Gasteiger partial charge in [0.25, 0.3) is 0 Å². The maximum Gasteiger partial charge on any atom is 0.228 e. The summed E-state index contributed by atoms with van der Waals surface area (Å²) in [6.45, 7) is 0.935.